The Balaban J connectivity index is 2.08. The third-order valence-electron chi connectivity index (χ3n) is 4.06. The number of hydrogen-bond acceptors (Lipinski definition) is 3. The maximum Gasteiger partial charge on any atom is 0.251 e. The SMILES string of the molecule is CNC(=O)c1ccc(N)c(NCC2(C)CCCC2)c1. The Morgan fingerprint density at radius 3 is 2.68 bits per heavy atom. The lowest BCUT2D eigenvalue weighted by atomic mass is 9.89. The molecule has 0 aromatic heterocycles. The number of hydrogen-bond donors (Lipinski definition) is 3. The molecule has 1 saturated carbocycles. The van der Waals surface area contributed by atoms with E-state index in [-0.39, 0.29) is 5.91 Å². The van der Waals surface area contributed by atoms with Gasteiger partial charge in [-0.25, -0.2) is 0 Å². The molecule has 19 heavy (non-hydrogen) atoms. The van der Waals surface area contributed by atoms with Crippen LogP contribution in [-0.2, 0) is 0 Å². The van der Waals surface area contributed by atoms with Crippen molar-refractivity contribution >= 4 is 17.3 Å². The van der Waals surface area contributed by atoms with E-state index in [1.54, 1.807) is 19.2 Å². The molecular formula is C15H23N3O. The minimum Gasteiger partial charge on any atom is -0.397 e. The van der Waals surface area contributed by atoms with Gasteiger partial charge in [0.15, 0.2) is 0 Å². The van der Waals surface area contributed by atoms with Crippen LogP contribution in [0, 0.1) is 5.41 Å². The van der Waals surface area contributed by atoms with E-state index in [2.05, 4.69) is 17.6 Å². The zero-order valence-electron chi connectivity index (χ0n) is 11.8. The minimum absolute atomic E-state index is 0.0878. The molecule has 1 aliphatic rings. The van der Waals surface area contributed by atoms with Crippen LogP contribution < -0.4 is 16.4 Å². The van der Waals surface area contributed by atoms with Crippen LogP contribution in [0.2, 0.25) is 0 Å². The van der Waals surface area contributed by atoms with E-state index in [9.17, 15) is 4.79 Å². The average Bonchev–Trinajstić information content (AvgIpc) is 2.84. The summed E-state index contributed by atoms with van der Waals surface area (Å²) in [5.41, 5.74) is 8.50. The Labute approximate surface area is 114 Å². The fourth-order valence-corrected chi connectivity index (χ4v) is 2.71. The van der Waals surface area contributed by atoms with Gasteiger partial charge in [0.25, 0.3) is 5.91 Å². The van der Waals surface area contributed by atoms with Gasteiger partial charge < -0.3 is 16.4 Å². The van der Waals surface area contributed by atoms with Gasteiger partial charge in [-0.1, -0.05) is 19.8 Å². The van der Waals surface area contributed by atoms with Crippen LogP contribution in [0.3, 0.4) is 0 Å². The van der Waals surface area contributed by atoms with Crippen LogP contribution in [0.5, 0.6) is 0 Å². The van der Waals surface area contributed by atoms with Crippen LogP contribution in [0.25, 0.3) is 0 Å². The molecule has 0 aliphatic heterocycles. The Morgan fingerprint density at radius 2 is 2.05 bits per heavy atom. The maximum absolute atomic E-state index is 11.6. The van der Waals surface area contributed by atoms with Crippen LogP contribution in [-0.4, -0.2) is 19.5 Å². The third kappa shape index (κ3) is 3.19. The second-order valence-electron chi connectivity index (χ2n) is 5.75. The quantitative estimate of drug-likeness (QED) is 0.730. The van der Waals surface area contributed by atoms with Gasteiger partial charge >= 0.3 is 0 Å². The number of anilines is 2. The number of nitrogen functional groups attached to an aromatic ring is 1. The predicted molar refractivity (Wildman–Crippen MR) is 79.3 cm³/mol. The topological polar surface area (TPSA) is 67.2 Å². The number of rotatable bonds is 4. The number of nitrogens with two attached hydrogens (primary N) is 1. The van der Waals surface area contributed by atoms with E-state index >= 15 is 0 Å². The van der Waals surface area contributed by atoms with Gasteiger partial charge in [0, 0.05) is 19.2 Å². The van der Waals surface area contributed by atoms with Crippen molar-refractivity contribution in [1.82, 2.24) is 5.32 Å². The van der Waals surface area contributed by atoms with Gasteiger partial charge in [0.05, 0.1) is 11.4 Å². The van der Waals surface area contributed by atoms with E-state index in [0.29, 0.717) is 16.7 Å². The van der Waals surface area contributed by atoms with Crippen molar-refractivity contribution in [3.8, 4) is 0 Å². The standard InChI is InChI=1S/C15H23N3O/c1-15(7-3-4-8-15)10-18-13-9-11(14(19)17-2)5-6-12(13)16/h5-6,9,18H,3-4,7-8,10,16H2,1-2H3,(H,17,19). The molecule has 1 fully saturated rings. The van der Waals surface area contributed by atoms with E-state index in [4.69, 9.17) is 5.73 Å². The minimum atomic E-state index is -0.0878. The largest absolute Gasteiger partial charge is 0.397 e. The number of carbonyl (C=O) groups is 1. The summed E-state index contributed by atoms with van der Waals surface area (Å²) in [5, 5.41) is 6.03. The summed E-state index contributed by atoms with van der Waals surface area (Å²) in [6.07, 6.45) is 5.14. The second kappa shape index (κ2) is 5.51. The van der Waals surface area contributed by atoms with E-state index in [1.807, 2.05) is 6.07 Å². The van der Waals surface area contributed by atoms with Crippen LogP contribution in [0.4, 0.5) is 11.4 Å². The first kappa shape index (κ1) is 13.7. The number of nitrogens with one attached hydrogen (secondary N) is 2. The summed E-state index contributed by atoms with van der Waals surface area (Å²) in [6.45, 7) is 3.22. The lowest BCUT2D eigenvalue weighted by Gasteiger charge is -2.25. The summed E-state index contributed by atoms with van der Waals surface area (Å²) >= 11 is 0. The molecule has 0 spiro atoms. The Kier molecular flexibility index (Phi) is 3.98. The Bertz CT molecular complexity index is 464. The summed E-state index contributed by atoms with van der Waals surface area (Å²) in [5.74, 6) is -0.0878. The van der Waals surface area contributed by atoms with Crippen molar-refractivity contribution in [2.75, 3.05) is 24.6 Å². The van der Waals surface area contributed by atoms with Gasteiger partial charge in [-0.15, -0.1) is 0 Å². The molecule has 0 unspecified atom stereocenters. The van der Waals surface area contributed by atoms with E-state index in [1.165, 1.54) is 25.7 Å². The molecule has 2 rings (SSSR count). The molecule has 0 atom stereocenters. The van der Waals surface area contributed by atoms with Crippen molar-refractivity contribution < 1.29 is 4.79 Å². The molecule has 0 radical (unpaired) electrons. The van der Waals surface area contributed by atoms with Gasteiger partial charge in [0.1, 0.15) is 0 Å². The molecule has 1 aliphatic carbocycles. The molecule has 1 amide bonds. The normalized spacial score (nSPS) is 17.2. The number of amides is 1. The Morgan fingerprint density at radius 1 is 1.37 bits per heavy atom. The highest BCUT2D eigenvalue weighted by atomic mass is 16.1. The molecule has 104 valence electrons. The molecule has 4 heteroatoms. The Hall–Kier alpha value is -1.71. The summed E-state index contributed by atoms with van der Waals surface area (Å²) < 4.78 is 0. The highest BCUT2D eigenvalue weighted by Crippen LogP contribution is 2.37. The summed E-state index contributed by atoms with van der Waals surface area (Å²) in [4.78, 5) is 11.6. The molecule has 1 aromatic rings. The molecule has 4 N–H and O–H groups in total. The lowest BCUT2D eigenvalue weighted by Crippen LogP contribution is -2.24. The van der Waals surface area contributed by atoms with Crippen LogP contribution in [0.1, 0.15) is 43.0 Å². The summed E-state index contributed by atoms with van der Waals surface area (Å²) in [6, 6.07) is 5.35. The fourth-order valence-electron chi connectivity index (χ4n) is 2.71. The molecule has 0 heterocycles. The fraction of sp³-hybridized carbons (Fsp3) is 0.533. The molecule has 4 nitrogen and oxygen atoms in total. The highest BCUT2D eigenvalue weighted by Gasteiger charge is 2.28. The highest BCUT2D eigenvalue weighted by molar-refractivity contribution is 5.96. The van der Waals surface area contributed by atoms with Crippen LogP contribution >= 0.6 is 0 Å². The van der Waals surface area contributed by atoms with Crippen molar-refractivity contribution in [2.45, 2.75) is 32.6 Å². The number of benzene rings is 1. The summed E-state index contributed by atoms with van der Waals surface area (Å²) in [7, 11) is 1.63. The third-order valence-corrected chi connectivity index (χ3v) is 4.06. The zero-order chi connectivity index (χ0) is 13.9. The van der Waals surface area contributed by atoms with Gasteiger partial charge in [-0.3, -0.25) is 4.79 Å². The smallest absolute Gasteiger partial charge is 0.251 e. The van der Waals surface area contributed by atoms with Gasteiger partial charge in [-0.05, 0) is 36.5 Å². The predicted octanol–water partition coefficient (Wildman–Crippen LogP) is 2.62. The van der Waals surface area contributed by atoms with E-state index in [0.717, 1.165) is 12.2 Å². The number of carbonyl (C=O) groups excluding carboxylic acids is 1. The zero-order valence-corrected chi connectivity index (χ0v) is 11.8. The first-order chi connectivity index (χ1) is 9.04. The van der Waals surface area contributed by atoms with Crippen molar-refractivity contribution in [2.24, 2.45) is 5.41 Å². The first-order valence-electron chi connectivity index (χ1n) is 6.90. The maximum atomic E-state index is 11.6. The average molecular weight is 261 g/mol. The van der Waals surface area contributed by atoms with E-state index < -0.39 is 0 Å². The molecule has 1 aromatic carbocycles. The monoisotopic (exact) mass is 261 g/mol. The van der Waals surface area contributed by atoms with Crippen molar-refractivity contribution in [1.29, 1.82) is 0 Å². The first-order valence-corrected chi connectivity index (χ1v) is 6.90. The second-order valence-corrected chi connectivity index (χ2v) is 5.75. The van der Waals surface area contributed by atoms with Gasteiger partial charge in [0.2, 0.25) is 0 Å². The molecule has 0 saturated heterocycles. The lowest BCUT2D eigenvalue weighted by molar-refractivity contribution is 0.0963. The van der Waals surface area contributed by atoms with Crippen molar-refractivity contribution in [3.63, 3.8) is 0 Å². The molecular weight excluding hydrogens is 238 g/mol. The van der Waals surface area contributed by atoms with Crippen LogP contribution in [0.15, 0.2) is 18.2 Å². The van der Waals surface area contributed by atoms with Gasteiger partial charge in [-0.2, -0.15) is 0 Å². The molecule has 0 bridgehead atoms. The van der Waals surface area contributed by atoms with Crippen molar-refractivity contribution in [3.05, 3.63) is 23.8 Å².